The Kier molecular flexibility index (Phi) is 9.58. The lowest BCUT2D eigenvalue weighted by atomic mass is 10.0. The summed E-state index contributed by atoms with van der Waals surface area (Å²) in [7, 11) is 0. The molecule has 2 aromatic heterocycles. The van der Waals surface area contributed by atoms with Crippen LogP contribution in [0.4, 0.5) is 0 Å². The molecule has 1 aliphatic rings. The number of piperidine rings is 1. The number of pyridine rings is 1. The second-order valence-electron chi connectivity index (χ2n) is 6.88. The molecule has 1 saturated heterocycles. The van der Waals surface area contributed by atoms with Gasteiger partial charge in [0.2, 0.25) is 5.91 Å². The van der Waals surface area contributed by atoms with Crippen molar-refractivity contribution < 1.29 is 9.53 Å². The highest BCUT2D eigenvalue weighted by Crippen LogP contribution is 2.19. The number of aromatic nitrogens is 3. The van der Waals surface area contributed by atoms with Crippen LogP contribution in [0.3, 0.4) is 0 Å². The first-order valence-corrected chi connectivity index (χ1v) is 8.99. The first-order chi connectivity index (χ1) is 12.5. The van der Waals surface area contributed by atoms with E-state index >= 15 is 0 Å². The summed E-state index contributed by atoms with van der Waals surface area (Å²) in [6.45, 7) is 5.22. The fourth-order valence-corrected chi connectivity index (χ4v) is 2.88. The van der Waals surface area contributed by atoms with Crippen molar-refractivity contribution in [2.45, 2.75) is 38.8 Å². The third-order valence-corrected chi connectivity index (χ3v) is 4.62. The second-order valence-corrected chi connectivity index (χ2v) is 6.88. The monoisotopic (exact) mass is 427 g/mol. The zero-order chi connectivity index (χ0) is 18.5. The van der Waals surface area contributed by atoms with Gasteiger partial charge in [0, 0.05) is 50.1 Å². The molecule has 0 saturated carbocycles. The van der Waals surface area contributed by atoms with Gasteiger partial charge in [-0.25, -0.2) is 9.97 Å². The first kappa shape index (κ1) is 24.1. The van der Waals surface area contributed by atoms with E-state index in [0.29, 0.717) is 19.1 Å². The molecular weight excluding hydrogens is 401 g/mol. The summed E-state index contributed by atoms with van der Waals surface area (Å²) in [5.41, 5.74) is 7.64. The lowest BCUT2D eigenvalue weighted by Gasteiger charge is -2.33. The Balaban J connectivity index is 0.00000196. The van der Waals surface area contributed by atoms with Crippen molar-refractivity contribution >= 4 is 30.7 Å². The molecule has 3 heterocycles. The standard InChI is InChI=1S/C19H25N5O2.2ClH/c1-13(2)17(20)18(25)24-9-6-15(7-10-24)26-19-22-11-14(12-23-19)16-5-3-4-8-21-16;;/h3-5,8,11-13,15,17H,6-7,9-10,20H2,1-2H3;2*1H/t17-;;/m0../s1. The van der Waals surface area contributed by atoms with Gasteiger partial charge in [-0.15, -0.1) is 24.8 Å². The van der Waals surface area contributed by atoms with E-state index in [4.69, 9.17) is 10.5 Å². The van der Waals surface area contributed by atoms with Gasteiger partial charge < -0.3 is 15.4 Å². The van der Waals surface area contributed by atoms with Crippen LogP contribution < -0.4 is 10.5 Å². The number of hydrogen-bond donors (Lipinski definition) is 1. The number of rotatable bonds is 5. The fourth-order valence-electron chi connectivity index (χ4n) is 2.88. The van der Waals surface area contributed by atoms with Crippen LogP contribution in [0.1, 0.15) is 26.7 Å². The molecule has 2 N–H and O–H groups in total. The molecule has 0 radical (unpaired) electrons. The van der Waals surface area contributed by atoms with Gasteiger partial charge in [-0.3, -0.25) is 9.78 Å². The maximum absolute atomic E-state index is 12.3. The van der Waals surface area contributed by atoms with E-state index in [1.54, 1.807) is 18.6 Å². The Morgan fingerprint density at radius 3 is 2.32 bits per heavy atom. The molecule has 1 atom stereocenters. The van der Waals surface area contributed by atoms with Crippen molar-refractivity contribution in [2.75, 3.05) is 13.1 Å². The smallest absolute Gasteiger partial charge is 0.316 e. The van der Waals surface area contributed by atoms with Gasteiger partial charge in [-0.2, -0.15) is 0 Å². The minimum atomic E-state index is -0.435. The van der Waals surface area contributed by atoms with Gasteiger partial charge in [0.05, 0.1) is 11.7 Å². The maximum atomic E-state index is 12.3. The van der Waals surface area contributed by atoms with E-state index in [1.807, 2.05) is 36.9 Å². The first-order valence-electron chi connectivity index (χ1n) is 8.99. The molecule has 1 fully saturated rings. The number of hydrogen-bond acceptors (Lipinski definition) is 6. The fraction of sp³-hybridized carbons (Fsp3) is 0.474. The average Bonchev–Trinajstić information content (AvgIpc) is 2.68. The molecule has 0 aliphatic carbocycles. The van der Waals surface area contributed by atoms with E-state index in [0.717, 1.165) is 24.1 Å². The van der Waals surface area contributed by atoms with E-state index in [2.05, 4.69) is 15.0 Å². The highest BCUT2D eigenvalue weighted by atomic mass is 35.5. The molecule has 0 aromatic carbocycles. The van der Waals surface area contributed by atoms with Crippen LogP contribution in [0.2, 0.25) is 0 Å². The van der Waals surface area contributed by atoms with Crippen LogP contribution in [0.5, 0.6) is 6.01 Å². The third-order valence-electron chi connectivity index (χ3n) is 4.62. The minimum absolute atomic E-state index is 0. The molecule has 1 amide bonds. The van der Waals surface area contributed by atoms with E-state index < -0.39 is 6.04 Å². The quantitative estimate of drug-likeness (QED) is 0.787. The number of carbonyl (C=O) groups is 1. The third kappa shape index (κ3) is 6.02. The van der Waals surface area contributed by atoms with Crippen molar-refractivity contribution in [3.05, 3.63) is 36.8 Å². The summed E-state index contributed by atoms with van der Waals surface area (Å²) in [5, 5.41) is 0. The van der Waals surface area contributed by atoms with Gasteiger partial charge in [-0.05, 0) is 18.1 Å². The van der Waals surface area contributed by atoms with Gasteiger partial charge in [0.15, 0.2) is 0 Å². The van der Waals surface area contributed by atoms with Crippen LogP contribution >= 0.6 is 24.8 Å². The minimum Gasteiger partial charge on any atom is -0.460 e. The SMILES string of the molecule is CC(C)[C@H](N)C(=O)N1CCC(Oc2ncc(-c3ccccn3)cn2)CC1.Cl.Cl. The number of amides is 1. The summed E-state index contributed by atoms with van der Waals surface area (Å²) >= 11 is 0. The second kappa shape index (κ2) is 11.1. The Morgan fingerprint density at radius 2 is 1.79 bits per heavy atom. The Bertz CT molecular complexity index is 723. The van der Waals surface area contributed by atoms with Crippen LogP contribution in [0.15, 0.2) is 36.8 Å². The van der Waals surface area contributed by atoms with Crippen molar-refractivity contribution in [2.24, 2.45) is 11.7 Å². The number of likely N-dealkylation sites (tertiary alicyclic amines) is 1. The molecule has 3 rings (SSSR count). The summed E-state index contributed by atoms with van der Waals surface area (Å²) < 4.78 is 5.87. The topological polar surface area (TPSA) is 94.2 Å². The molecule has 1 aliphatic heterocycles. The van der Waals surface area contributed by atoms with Gasteiger partial charge in [0.25, 0.3) is 0 Å². The van der Waals surface area contributed by atoms with Crippen LogP contribution in [-0.2, 0) is 4.79 Å². The largest absolute Gasteiger partial charge is 0.460 e. The van der Waals surface area contributed by atoms with Crippen LogP contribution in [-0.4, -0.2) is 51.0 Å². The van der Waals surface area contributed by atoms with Crippen molar-refractivity contribution in [3.8, 4) is 17.3 Å². The van der Waals surface area contributed by atoms with Crippen molar-refractivity contribution in [1.29, 1.82) is 0 Å². The van der Waals surface area contributed by atoms with Crippen molar-refractivity contribution in [3.63, 3.8) is 0 Å². The average molecular weight is 428 g/mol. The predicted molar refractivity (Wildman–Crippen MR) is 113 cm³/mol. The number of halogens is 2. The predicted octanol–water partition coefficient (Wildman–Crippen LogP) is 2.74. The Hall–Kier alpha value is -1.96. The summed E-state index contributed by atoms with van der Waals surface area (Å²) in [5.74, 6) is 0.164. The highest BCUT2D eigenvalue weighted by Gasteiger charge is 2.28. The molecular formula is C19H27Cl2N5O2. The van der Waals surface area contributed by atoms with E-state index in [9.17, 15) is 4.79 Å². The summed E-state index contributed by atoms with van der Waals surface area (Å²) in [6, 6.07) is 5.62. The van der Waals surface area contributed by atoms with Crippen LogP contribution in [0.25, 0.3) is 11.3 Å². The zero-order valence-electron chi connectivity index (χ0n) is 16.0. The Labute approximate surface area is 177 Å². The number of nitrogens with zero attached hydrogens (tertiary/aromatic N) is 4. The number of nitrogens with two attached hydrogens (primary N) is 1. The normalized spacial score (nSPS) is 15.4. The zero-order valence-corrected chi connectivity index (χ0v) is 17.7. The lowest BCUT2D eigenvalue weighted by Crippen LogP contribution is -2.50. The van der Waals surface area contributed by atoms with Crippen molar-refractivity contribution in [1.82, 2.24) is 19.9 Å². The molecule has 154 valence electrons. The highest BCUT2D eigenvalue weighted by molar-refractivity contribution is 5.85. The van der Waals surface area contributed by atoms with Gasteiger partial charge in [-0.1, -0.05) is 19.9 Å². The molecule has 0 spiro atoms. The molecule has 7 nitrogen and oxygen atoms in total. The molecule has 0 unspecified atom stereocenters. The Morgan fingerprint density at radius 1 is 1.14 bits per heavy atom. The maximum Gasteiger partial charge on any atom is 0.316 e. The summed E-state index contributed by atoms with van der Waals surface area (Å²) in [6.07, 6.45) is 6.68. The molecule has 2 aromatic rings. The molecule has 28 heavy (non-hydrogen) atoms. The van der Waals surface area contributed by atoms with Crippen LogP contribution in [0, 0.1) is 5.92 Å². The molecule has 0 bridgehead atoms. The van der Waals surface area contributed by atoms with E-state index in [1.165, 1.54) is 0 Å². The number of ether oxygens (including phenoxy) is 1. The lowest BCUT2D eigenvalue weighted by molar-refractivity contribution is -0.135. The van der Waals surface area contributed by atoms with E-state index in [-0.39, 0.29) is 42.7 Å². The summed E-state index contributed by atoms with van der Waals surface area (Å²) in [4.78, 5) is 27.0. The molecule has 9 heteroatoms. The van der Waals surface area contributed by atoms with Gasteiger partial charge >= 0.3 is 6.01 Å². The number of carbonyl (C=O) groups excluding carboxylic acids is 1. The van der Waals surface area contributed by atoms with Gasteiger partial charge in [0.1, 0.15) is 6.10 Å².